The molecule has 2 rings (SSSR count). The minimum atomic E-state index is -0.283. The summed E-state index contributed by atoms with van der Waals surface area (Å²) < 4.78 is 15.3. The Morgan fingerprint density at radius 2 is 1.95 bits per heavy atom. The minimum absolute atomic E-state index is 0.200. The number of nitrogens with one attached hydrogen (secondary N) is 1. The average molecular weight is 290 g/mol. The number of rotatable bonds is 5. The van der Waals surface area contributed by atoms with E-state index in [1.807, 2.05) is 19.1 Å². The van der Waals surface area contributed by atoms with Crippen molar-refractivity contribution in [1.29, 1.82) is 0 Å². The van der Waals surface area contributed by atoms with Crippen molar-refractivity contribution in [2.45, 2.75) is 19.9 Å². The molecule has 1 aromatic heterocycles. The number of carbonyl (C=O) groups is 1. The van der Waals surface area contributed by atoms with Crippen molar-refractivity contribution < 1.29 is 18.8 Å². The number of aromatic nitrogens is 1. The van der Waals surface area contributed by atoms with E-state index in [4.69, 9.17) is 14.0 Å². The zero-order valence-electron chi connectivity index (χ0n) is 12.5. The number of aryl methyl sites for hydroxylation is 1. The van der Waals surface area contributed by atoms with E-state index in [2.05, 4.69) is 10.5 Å². The second kappa shape index (κ2) is 6.30. The van der Waals surface area contributed by atoms with Crippen molar-refractivity contribution in [3.8, 4) is 11.5 Å². The molecule has 1 aromatic carbocycles. The molecule has 1 atom stereocenters. The van der Waals surface area contributed by atoms with Gasteiger partial charge in [-0.15, -0.1) is 0 Å². The van der Waals surface area contributed by atoms with E-state index in [9.17, 15) is 4.79 Å². The predicted octanol–water partition coefficient (Wildman–Crippen LogP) is 2.49. The van der Waals surface area contributed by atoms with Crippen LogP contribution in [0.25, 0.3) is 0 Å². The van der Waals surface area contributed by atoms with Crippen LogP contribution in [0.5, 0.6) is 11.5 Å². The first kappa shape index (κ1) is 14.9. The molecule has 0 saturated carbocycles. The third kappa shape index (κ3) is 3.34. The minimum Gasteiger partial charge on any atom is -0.493 e. The Bertz CT molecular complexity index is 636. The van der Waals surface area contributed by atoms with E-state index in [0.29, 0.717) is 17.3 Å². The molecule has 0 bridgehead atoms. The van der Waals surface area contributed by atoms with Crippen molar-refractivity contribution in [2.75, 3.05) is 14.2 Å². The third-order valence-electron chi connectivity index (χ3n) is 3.12. The van der Waals surface area contributed by atoms with Crippen LogP contribution in [-0.2, 0) is 0 Å². The molecule has 112 valence electrons. The maximum Gasteiger partial charge on any atom is 0.273 e. The lowest BCUT2D eigenvalue weighted by Crippen LogP contribution is -2.26. The first-order valence-electron chi connectivity index (χ1n) is 6.51. The van der Waals surface area contributed by atoms with Crippen LogP contribution in [0.3, 0.4) is 0 Å². The Labute approximate surface area is 123 Å². The van der Waals surface area contributed by atoms with Crippen molar-refractivity contribution in [2.24, 2.45) is 0 Å². The fourth-order valence-electron chi connectivity index (χ4n) is 1.95. The van der Waals surface area contributed by atoms with Crippen LogP contribution in [0.15, 0.2) is 28.8 Å². The van der Waals surface area contributed by atoms with Gasteiger partial charge in [-0.3, -0.25) is 4.79 Å². The van der Waals surface area contributed by atoms with Crippen LogP contribution in [0, 0.1) is 6.92 Å². The van der Waals surface area contributed by atoms with Gasteiger partial charge in [0.1, 0.15) is 5.76 Å². The molecule has 0 radical (unpaired) electrons. The molecule has 0 spiro atoms. The van der Waals surface area contributed by atoms with Crippen LogP contribution >= 0.6 is 0 Å². The molecule has 0 saturated heterocycles. The summed E-state index contributed by atoms with van der Waals surface area (Å²) in [6.45, 7) is 3.62. The number of methoxy groups -OCH3 is 2. The van der Waals surface area contributed by atoms with Crippen LogP contribution in [0.4, 0.5) is 0 Å². The Hall–Kier alpha value is -2.50. The van der Waals surface area contributed by atoms with Gasteiger partial charge in [-0.1, -0.05) is 11.2 Å². The Morgan fingerprint density at radius 3 is 2.52 bits per heavy atom. The van der Waals surface area contributed by atoms with Gasteiger partial charge in [-0.2, -0.15) is 0 Å². The Morgan fingerprint density at radius 1 is 1.24 bits per heavy atom. The fourth-order valence-corrected chi connectivity index (χ4v) is 1.95. The molecule has 0 fully saturated rings. The highest BCUT2D eigenvalue weighted by Gasteiger charge is 2.16. The van der Waals surface area contributed by atoms with E-state index < -0.39 is 0 Å². The first-order valence-corrected chi connectivity index (χ1v) is 6.51. The van der Waals surface area contributed by atoms with Crippen molar-refractivity contribution in [3.05, 3.63) is 41.3 Å². The zero-order valence-corrected chi connectivity index (χ0v) is 12.5. The SMILES string of the molecule is COc1ccc([C@H](C)NC(=O)c2cc(C)on2)cc1OC. The van der Waals surface area contributed by atoms with E-state index in [0.717, 1.165) is 5.56 Å². The molecular weight excluding hydrogens is 272 g/mol. The van der Waals surface area contributed by atoms with Crippen LogP contribution in [-0.4, -0.2) is 25.3 Å². The molecule has 0 aliphatic carbocycles. The van der Waals surface area contributed by atoms with E-state index in [1.54, 1.807) is 33.3 Å². The molecular formula is C15H18N2O4. The van der Waals surface area contributed by atoms with Crippen LogP contribution in [0.1, 0.15) is 34.8 Å². The monoisotopic (exact) mass is 290 g/mol. The molecule has 1 N–H and O–H groups in total. The zero-order chi connectivity index (χ0) is 15.4. The maximum absolute atomic E-state index is 12.0. The van der Waals surface area contributed by atoms with E-state index >= 15 is 0 Å². The van der Waals surface area contributed by atoms with Crippen molar-refractivity contribution >= 4 is 5.91 Å². The second-order valence-corrected chi connectivity index (χ2v) is 4.63. The lowest BCUT2D eigenvalue weighted by atomic mass is 10.1. The summed E-state index contributed by atoms with van der Waals surface area (Å²) in [7, 11) is 3.15. The Balaban J connectivity index is 2.13. The number of benzene rings is 1. The second-order valence-electron chi connectivity index (χ2n) is 4.63. The summed E-state index contributed by atoms with van der Waals surface area (Å²) in [6, 6.07) is 6.90. The summed E-state index contributed by atoms with van der Waals surface area (Å²) in [5.41, 5.74) is 1.17. The number of carbonyl (C=O) groups excluding carboxylic acids is 1. The normalized spacial score (nSPS) is 11.8. The molecule has 21 heavy (non-hydrogen) atoms. The average Bonchev–Trinajstić information content (AvgIpc) is 2.93. The molecule has 0 aliphatic rings. The summed E-state index contributed by atoms with van der Waals surface area (Å²) in [5, 5.41) is 6.55. The van der Waals surface area contributed by atoms with Gasteiger partial charge in [0.15, 0.2) is 17.2 Å². The number of hydrogen-bond acceptors (Lipinski definition) is 5. The molecule has 0 aliphatic heterocycles. The number of ether oxygens (including phenoxy) is 2. The predicted molar refractivity (Wildman–Crippen MR) is 76.7 cm³/mol. The van der Waals surface area contributed by atoms with Gasteiger partial charge in [0.05, 0.1) is 20.3 Å². The van der Waals surface area contributed by atoms with Crippen LogP contribution in [0.2, 0.25) is 0 Å². The molecule has 6 nitrogen and oxygen atoms in total. The van der Waals surface area contributed by atoms with Gasteiger partial charge in [0.25, 0.3) is 5.91 Å². The smallest absolute Gasteiger partial charge is 0.273 e. The van der Waals surface area contributed by atoms with Gasteiger partial charge in [0, 0.05) is 6.07 Å². The summed E-state index contributed by atoms with van der Waals surface area (Å²) >= 11 is 0. The highest BCUT2D eigenvalue weighted by atomic mass is 16.5. The van der Waals surface area contributed by atoms with Gasteiger partial charge in [-0.25, -0.2) is 0 Å². The lowest BCUT2D eigenvalue weighted by Gasteiger charge is -2.15. The highest BCUT2D eigenvalue weighted by Crippen LogP contribution is 2.29. The molecule has 2 aromatic rings. The Kier molecular flexibility index (Phi) is 4.47. The van der Waals surface area contributed by atoms with Crippen molar-refractivity contribution in [3.63, 3.8) is 0 Å². The lowest BCUT2D eigenvalue weighted by molar-refractivity contribution is 0.0930. The molecule has 0 unspecified atom stereocenters. The number of amides is 1. The summed E-state index contributed by atoms with van der Waals surface area (Å²) in [5.74, 6) is 1.58. The largest absolute Gasteiger partial charge is 0.493 e. The topological polar surface area (TPSA) is 73.6 Å². The molecule has 6 heteroatoms. The van der Waals surface area contributed by atoms with Crippen LogP contribution < -0.4 is 14.8 Å². The molecule has 1 amide bonds. The molecule has 1 heterocycles. The number of hydrogen-bond donors (Lipinski definition) is 1. The number of nitrogens with zero attached hydrogens (tertiary/aromatic N) is 1. The third-order valence-corrected chi connectivity index (χ3v) is 3.12. The summed E-state index contributed by atoms with van der Waals surface area (Å²) in [6.07, 6.45) is 0. The maximum atomic E-state index is 12.0. The van der Waals surface area contributed by atoms with Gasteiger partial charge in [-0.05, 0) is 31.5 Å². The van der Waals surface area contributed by atoms with Gasteiger partial charge in [0.2, 0.25) is 0 Å². The first-order chi connectivity index (χ1) is 10.0. The quantitative estimate of drug-likeness (QED) is 0.915. The summed E-state index contributed by atoms with van der Waals surface area (Å²) in [4.78, 5) is 12.0. The van der Waals surface area contributed by atoms with Gasteiger partial charge < -0.3 is 19.3 Å². The standard InChI is InChI=1S/C15H18N2O4/c1-9-7-12(17-21-9)15(18)16-10(2)11-5-6-13(19-3)14(8-11)20-4/h5-8,10H,1-4H3,(H,16,18)/t10-/m0/s1. The van der Waals surface area contributed by atoms with Crippen molar-refractivity contribution in [1.82, 2.24) is 10.5 Å². The van der Waals surface area contributed by atoms with E-state index in [1.165, 1.54) is 0 Å². The van der Waals surface area contributed by atoms with E-state index in [-0.39, 0.29) is 17.6 Å². The van der Waals surface area contributed by atoms with Gasteiger partial charge >= 0.3 is 0 Å². The highest BCUT2D eigenvalue weighted by molar-refractivity contribution is 5.92. The fraction of sp³-hybridized carbons (Fsp3) is 0.333.